The van der Waals surface area contributed by atoms with E-state index in [1.54, 1.807) is 0 Å². The van der Waals surface area contributed by atoms with Gasteiger partial charge in [0.05, 0.1) is 0 Å². The van der Waals surface area contributed by atoms with Crippen LogP contribution in [0.1, 0.15) is 121 Å². The Hall–Kier alpha value is -3.06. The molecule has 2 aliphatic rings. The number of carbonyl (C=O) groups is 3. The first-order chi connectivity index (χ1) is 26.9. The van der Waals surface area contributed by atoms with Crippen LogP contribution in [0.5, 0.6) is 0 Å². The zero-order valence-corrected chi connectivity index (χ0v) is 36.1. The van der Waals surface area contributed by atoms with Gasteiger partial charge < -0.3 is 4.84 Å². The number of fused-ring (bicyclic) bond motifs is 2. The van der Waals surface area contributed by atoms with E-state index in [9.17, 15) is 14.4 Å². The molecule has 2 amide bonds. The molecule has 0 aromatic heterocycles. The summed E-state index contributed by atoms with van der Waals surface area (Å²) in [7, 11) is -1.32. The van der Waals surface area contributed by atoms with Gasteiger partial charge in [0.2, 0.25) is 0 Å². The van der Waals surface area contributed by atoms with Gasteiger partial charge in [0.1, 0.15) is 0 Å². The number of para-hydroxylation sites is 2. The van der Waals surface area contributed by atoms with Gasteiger partial charge in [0.25, 0.3) is 11.8 Å². The third-order valence-corrected chi connectivity index (χ3v) is 19.3. The fourth-order valence-corrected chi connectivity index (χ4v) is 16.6. The van der Waals surface area contributed by atoms with Crippen molar-refractivity contribution in [1.82, 2.24) is 5.06 Å². The summed E-state index contributed by atoms with van der Waals surface area (Å²) in [5.41, 5.74) is 7.71. The number of amides is 2. The standard InChI is InChI=1S/C46H63N2O4PS2/c1-4-7-30-53(31-8-5-2,32-9-6-3)33-20-35-55-46(54-34-19-11-14-27-44(51)52-48-42(49)28-29-43(48)50)45-38-23-15-17-25-40(38)47(36-37-21-12-10-13-22-37)41-26-18-16-24-39(41)45/h10,12-13,15-18,21-26,53H,4-9,11,14,19-20,27-36H2,1-3H3. The van der Waals surface area contributed by atoms with E-state index in [-0.39, 0.29) is 19.3 Å². The topological polar surface area (TPSA) is 66.9 Å². The van der Waals surface area contributed by atoms with Crippen molar-refractivity contribution in [1.29, 1.82) is 0 Å². The van der Waals surface area contributed by atoms with Crippen LogP contribution in [-0.2, 0) is 25.8 Å². The van der Waals surface area contributed by atoms with Gasteiger partial charge in [-0.3, -0.25) is 9.59 Å². The summed E-state index contributed by atoms with van der Waals surface area (Å²) in [6.07, 6.45) is 18.2. The fraction of sp³-hybridized carbons (Fsp3) is 0.500. The van der Waals surface area contributed by atoms with Crippen LogP contribution in [0.4, 0.5) is 11.4 Å². The Morgan fingerprint density at radius 2 is 1.15 bits per heavy atom. The van der Waals surface area contributed by atoms with E-state index < -0.39 is 25.0 Å². The van der Waals surface area contributed by atoms with Gasteiger partial charge in [0, 0.05) is 12.8 Å². The minimum absolute atomic E-state index is 0.110. The first-order valence-corrected chi connectivity index (χ1v) is 25.8. The van der Waals surface area contributed by atoms with Crippen LogP contribution in [0.2, 0.25) is 0 Å². The van der Waals surface area contributed by atoms with Crippen LogP contribution in [0, 0.1) is 0 Å². The number of imide groups is 1. The van der Waals surface area contributed by atoms with Crippen molar-refractivity contribution in [3.8, 4) is 0 Å². The van der Waals surface area contributed by atoms with E-state index in [2.05, 4.69) is 116 Å². The zero-order chi connectivity index (χ0) is 38.9. The summed E-state index contributed by atoms with van der Waals surface area (Å²) in [5.74, 6) is 0.699. The monoisotopic (exact) mass is 802 g/mol. The molecule has 5 rings (SSSR count). The number of nitrogens with zero attached hydrogens (tertiary/aromatic N) is 2. The molecular formula is C46H63N2O4PS2. The minimum atomic E-state index is -1.32. The van der Waals surface area contributed by atoms with E-state index in [1.165, 1.54) is 107 Å². The summed E-state index contributed by atoms with van der Waals surface area (Å²) < 4.78 is 1.40. The fourth-order valence-electron chi connectivity index (χ4n) is 7.99. The van der Waals surface area contributed by atoms with Crippen LogP contribution < -0.4 is 4.90 Å². The van der Waals surface area contributed by atoms with Crippen LogP contribution in [-0.4, -0.2) is 59.0 Å². The SMILES string of the molecule is CCCC[PH](CCCC)(CCCC)CCCSC(SCCCCCC(=O)ON1C(=O)CCC1=O)=C1c2ccccc2N(Cc2ccccc2)c2ccccc21. The second-order valence-corrected chi connectivity index (χ2v) is 22.7. The Morgan fingerprint density at radius 1 is 0.636 bits per heavy atom. The molecular weight excluding hydrogens is 740 g/mol. The number of hydroxylamine groups is 2. The van der Waals surface area contributed by atoms with Gasteiger partial charge in [0.15, 0.2) is 0 Å². The summed E-state index contributed by atoms with van der Waals surface area (Å²) >= 11 is 4.03. The molecule has 0 N–H and O–H groups in total. The molecule has 0 aliphatic carbocycles. The molecule has 3 aromatic carbocycles. The molecule has 1 saturated heterocycles. The second kappa shape index (κ2) is 22.6. The molecule has 0 bridgehead atoms. The molecule has 2 heterocycles. The van der Waals surface area contributed by atoms with Gasteiger partial charge in [-0.05, 0) is 0 Å². The Balaban J connectivity index is 1.35. The Bertz CT molecular complexity index is 1640. The summed E-state index contributed by atoms with van der Waals surface area (Å²) in [4.78, 5) is 43.7. The number of unbranched alkanes of at least 4 members (excludes halogenated alkanes) is 5. The van der Waals surface area contributed by atoms with E-state index in [0.717, 1.165) is 30.9 Å². The molecule has 0 radical (unpaired) electrons. The number of hydrogen-bond acceptors (Lipinski definition) is 7. The molecule has 0 unspecified atom stereocenters. The number of carbonyl (C=O) groups excluding carboxylic acids is 3. The van der Waals surface area contributed by atoms with Crippen LogP contribution in [0.25, 0.3) is 5.57 Å². The molecule has 0 spiro atoms. The van der Waals surface area contributed by atoms with E-state index in [4.69, 9.17) is 4.84 Å². The predicted octanol–water partition coefficient (Wildman–Crippen LogP) is 12.2. The second-order valence-electron chi connectivity index (χ2n) is 15.2. The molecule has 1 fully saturated rings. The Morgan fingerprint density at radius 3 is 1.71 bits per heavy atom. The van der Waals surface area contributed by atoms with Gasteiger partial charge in [-0.15, -0.1) is 5.06 Å². The Kier molecular flexibility index (Phi) is 17.7. The summed E-state index contributed by atoms with van der Waals surface area (Å²) in [6, 6.07) is 28.6. The molecule has 0 saturated carbocycles. The normalized spacial score (nSPS) is 14.3. The van der Waals surface area contributed by atoms with Crippen molar-refractivity contribution >= 4 is 65.5 Å². The summed E-state index contributed by atoms with van der Waals surface area (Å²) in [6.45, 7) is 7.88. The van der Waals surface area contributed by atoms with Crippen molar-refractivity contribution in [3.63, 3.8) is 0 Å². The number of thioether (sulfide) groups is 2. The quantitative estimate of drug-likeness (QED) is 0.0507. The van der Waals surface area contributed by atoms with Gasteiger partial charge >= 0.3 is 274 Å². The first-order valence-electron chi connectivity index (χ1n) is 21.0. The van der Waals surface area contributed by atoms with Gasteiger partial charge in [-0.2, -0.15) is 0 Å². The van der Waals surface area contributed by atoms with Crippen LogP contribution in [0.15, 0.2) is 83.1 Å². The van der Waals surface area contributed by atoms with Crippen molar-refractivity contribution in [3.05, 3.63) is 99.8 Å². The Labute approximate surface area is 339 Å². The molecule has 9 heteroatoms. The first kappa shape index (κ1) is 43.1. The average molecular weight is 803 g/mol. The molecule has 3 aromatic rings. The van der Waals surface area contributed by atoms with E-state index >= 15 is 0 Å². The third-order valence-electron chi connectivity index (χ3n) is 11.0. The number of anilines is 2. The zero-order valence-electron chi connectivity index (χ0n) is 33.5. The third kappa shape index (κ3) is 12.2. The van der Waals surface area contributed by atoms with Crippen molar-refractivity contribution in [2.75, 3.05) is 41.1 Å². The summed E-state index contributed by atoms with van der Waals surface area (Å²) in [5, 5.41) is 0.651. The van der Waals surface area contributed by atoms with Crippen molar-refractivity contribution in [2.24, 2.45) is 0 Å². The molecule has 298 valence electrons. The van der Waals surface area contributed by atoms with Crippen molar-refractivity contribution in [2.45, 2.75) is 111 Å². The van der Waals surface area contributed by atoms with Gasteiger partial charge in [-0.25, -0.2) is 4.79 Å². The van der Waals surface area contributed by atoms with E-state index in [1.807, 2.05) is 11.8 Å². The maximum absolute atomic E-state index is 12.4. The number of benzene rings is 3. The molecule has 6 nitrogen and oxygen atoms in total. The number of hydrogen-bond donors (Lipinski definition) is 0. The average Bonchev–Trinajstić information content (AvgIpc) is 3.53. The van der Waals surface area contributed by atoms with Crippen molar-refractivity contribution < 1.29 is 19.2 Å². The van der Waals surface area contributed by atoms with Gasteiger partial charge in [-0.1, -0.05) is 18.2 Å². The molecule has 55 heavy (non-hydrogen) atoms. The van der Waals surface area contributed by atoms with Crippen LogP contribution in [0.3, 0.4) is 0 Å². The van der Waals surface area contributed by atoms with Crippen LogP contribution >= 0.6 is 30.8 Å². The number of rotatable bonds is 24. The maximum atomic E-state index is 12.4. The molecule has 2 aliphatic heterocycles. The predicted molar refractivity (Wildman–Crippen MR) is 239 cm³/mol. The van der Waals surface area contributed by atoms with E-state index in [0.29, 0.717) is 11.5 Å². The molecule has 0 atom stereocenters.